The average Bonchev–Trinajstić information content (AvgIpc) is 2.58. The summed E-state index contributed by atoms with van der Waals surface area (Å²) in [5, 5.41) is 0. The van der Waals surface area contributed by atoms with Crippen molar-refractivity contribution in [2.24, 2.45) is 0 Å². The monoisotopic (exact) mass is 240 g/mol. The number of nitrogens with two attached hydrogens (primary N) is 1. The van der Waals surface area contributed by atoms with E-state index >= 15 is 0 Å². The molecule has 0 radical (unpaired) electrons. The maximum absolute atomic E-state index is 11.4. The van der Waals surface area contributed by atoms with Gasteiger partial charge in [-0.2, -0.15) is 0 Å². The van der Waals surface area contributed by atoms with Gasteiger partial charge in [0.05, 0.1) is 11.5 Å². The fourth-order valence-electron chi connectivity index (χ4n) is 2.04. The van der Waals surface area contributed by atoms with Crippen LogP contribution in [0.5, 0.6) is 0 Å². The van der Waals surface area contributed by atoms with E-state index in [0.717, 1.165) is 5.69 Å². The Kier molecular flexibility index (Phi) is 2.80. The second-order valence-corrected chi connectivity index (χ2v) is 6.49. The summed E-state index contributed by atoms with van der Waals surface area (Å²) in [4.78, 5) is 2.00. The number of hydrogen-bond acceptors (Lipinski definition) is 4. The minimum absolute atomic E-state index is 0.0757. The molecular formula is C11H16N2O2S. The third-order valence-electron chi connectivity index (χ3n) is 3.03. The molecule has 88 valence electrons. The highest BCUT2D eigenvalue weighted by Crippen LogP contribution is 2.24. The van der Waals surface area contributed by atoms with Gasteiger partial charge in [-0.25, -0.2) is 8.42 Å². The highest BCUT2D eigenvalue weighted by Gasteiger charge is 2.30. The predicted octanol–water partition coefficient (Wildman–Crippen LogP) is 0.892. The van der Waals surface area contributed by atoms with Crippen LogP contribution in [0.15, 0.2) is 24.3 Å². The summed E-state index contributed by atoms with van der Waals surface area (Å²) >= 11 is 0. The van der Waals surface area contributed by atoms with Crippen LogP contribution in [0.1, 0.15) is 6.42 Å². The van der Waals surface area contributed by atoms with Crippen molar-refractivity contribution in [1.82, 2.24) is 0 Å². The van der Waals surface area contributed by atoms with E-state index in [-0.39, 0.29) is 11.8 Å². The van der Waals surface area contributed by atoms with Gasteiger partial charge >= 0.3 is 0 Å². The molecule has 1 aromatic carbocycles. The molecular weight excluding hydrogens is 224 g/mol. The van der Waals surface area contributed by atoms with Crippen LogP contribution in [0.4, 0.5) is 11.4 Å². The fourth-order valence-corrected chi connectivity index (χ4v) is 3.81. The van der Waals surface area contributed by atoms with Gasteiger partial charge in [0.1, 0.15) is 0 Å². The molecule has 0 bridgehead atoms. The van der Waals surface area contributed by atoms with Crippen molar-refractivity contribution in [1.29, 1.82) is 0 Å². The molecule has 1 atom stereocenters. The van der Waals surface area contributed by atoms with Gasteiger partial charge in [0.2, 0.25) is 0 Å². The molecule has 4 nitrogen and oxygen atoms in total. The van der Waals surface area contributed by atoms with E-state index in [4.69, 9.17) is 5.73 Å². The first kappa shape index (κ1) is 11.3. The van der Waals surface area contributed by atoms with Crippen LogP contribution in [0.25, 0.3) is 0 Å². The quantitative estimate of drug-likeness (QED) is 0.780. The molecule has 16 heavy (non-hydrogen) atoms. The maximum atomic E-state index is 11.4. The van der Waals surface area contributed by atoms with Crippen molar-refractivity contribution in [3.05, 3.63) is 24.3 Å². The highest BCUT2D eigenvalue weighted by molar-refractivity contribution is 7.91. The van der Waals surface area contributed by atoms with E-state index < -0.39 is 9.84 Å². The maximum Gasteiger partial charge on any atom is 0.152 e. The van der Waals surface area contributed by atoms with Gasteiger partial charge < -0.3 is 10.6 Å². The normalized spacial score (nSPS) is 23.2. The molecule has 0 amide bonds. The number of rotatable bonds is 2. The number of nitrogen functional groups attached to an aromatic ring is 1. The zero-order chi connectivity index (χ0) is 11.8. The first-order valence-corrected chi connectivity index (χ1v) is 7.09. The van der Waals surface area contributed by atoms with Gasteiger partial charge in [-0.3, -0.25) is 0 Å². The van der Waals surface area contributed by atoms with E-state index in [0.29, 0.717) is 17.9 Å². The molecule has 1 aliphatic heterocycles. The Morgan fingerprint density at radius 2 is 2.19 bits per heavy atom. The summed E-state index contributed by atoms with van der Waals surface area (Å²) in [6.45, 7) is 0. The minimum Gasteiger partial charge on any atom is -0.399 e. The molecule has 1 aliphatic rings. The smallest absolute Gasteiger partial charge is 0.152 e. The molecule has 1 heterocycles. The third kappa shape index (κ3) is 2.29. The van der Waals surface area contributed by atoms with Crippen LogP contribution in [0, 0.1) is 0 Å². The summed E-state index contributed by atoms with van der Waals surface area (Å²) < 4.78 is 22.8. The molecule has 1 aromatic rings. The zero-order valence-corrected chi connectivity index (χ0v) is 10.1. The lowest BCUT2D eigenvalue weighted by Crippen LogP contribution is -2.32. The van der Waals surface area contributed by atoms with Gasteiger partial charge in [0.15, 0.2) is 9.84 Å². The molecule has 0 aromatic heterocycles. The van der Waals surface area contributed by atoms with Crippen LogP contribution >= 0.6 is 0 Å². The number of sulfone groups is 1. The first-order valence-electron chi connectivity index (χ1n) is 5.27. The van der Waals surface area contributed by atoms with Crippen molar-refractivity contribution < 1.29 is 8.42 Å². The summed E-state index contributed by atoms with van der Waals surface area (Å²) in [6, 6.07) is 7.59. The van der Waals surface area contributed by atoms with Crippen molar-refractivity contribution >= 4 is 21.2 Å². The number of anilines is 2. The lowest BCUT2D eigenvalue weighted by Gasteiger charge is -2.25. The molecule has 0 saturated carbocycles. The lowest BCUT2D eigenvalue weighted by atomic mass is 10.2. The summed E-state index contributed by atoms with van der Waals surface area (Å²) in [5.41, 5.74) is 7.38. The van der Waals surface area contributed by atoms with Gasteiger partial charge in [-0.1, -0.05) is 6.07 Å². The Morgan fingerprint density at radius 3 is 2.75 bits per heavy atom. The van der Waals surface area contributed by atoms with Crippen molar-refractivity contribution in [3.63, 3.8) is 0 Å². The second-order valence-electron chi connectivity index (χ2n) is 4.26. The molecule has 1 fully saturated rings. The van der Waals surface area contributed by atoms with Gasteiger partial charge in [-0.15, -0.1) is 0 Å². The Hall–Kier alpha value is -1.23. The third-order valence-corrected chi connectivity index (χ3v) is 4.78. The molecule has 0 spiro atoms. The molecule has 0 aliphatic carbocycles. The largest absolute Gasteiger partial charge is 0.399 e. The van der Waals surface area contributed by atoms with E-state index in [2.05, 4.69) is 0 Å². The number of benzene rings is 1. The molecule has 1 unspecified atom stereocenters. The Bertz CT molecular complexity index is 485. The first-order chi connectivity index (χ1) is 7.48. The van der Waals surface area contributed by atoms with Gasteiger partial charge in [0, 0.05) is 24.5 Å². The minimum atomic E-state index is -2.83. The summed E-state index contributed by atoms with van der Waals surface area (Å²) in [6.07, 6.45) is 0.702. The van der Waals surface area contributed by atoms with E-state index in [1.54, 1.807) is 0 Å². The van der Waals surface area contributed by atoms with Crippen LogP contribution in [-0.2, 0) is 9.84 Å². The standard InChI is InChI=1S/C11H16N2O2S/c1-13(10-4-2-3-9(12)7-10)11-5-6-16(14,15)8-11/h2-4,7,11H,5-6,8,12H2,1H3. The van der Waals surface area contributed by atoms with Crippen molar-refractivity contribution in [2.75, 3.05) is 29.2 Å². The SMILES string of the molecule is CN(c1cccc(N)c1)C1CCS(=O)(=O)C1. The van der Waals surface area contributed by atoms with Crippen LogP contribution in [0.3, 0.4) is 0 Å². The van der Waals surface area contributed by atoms with Crippen LogP contribution in [0.2, 0.25) is 0 Å². The Balaban J connectivity index is 2.17. The number of hydrogen-bond donors (Lipinski definition) is 1. The van der Waals surface area contributed by atoms with Gasteiger partial charge in [0.25, 0.3) is 0 Å². The van der Waals surface area contributed by atoms with E-state index in [1.807, 2.05) is 36.2 Å². The summed E-state index contributed by atoms with van der Waals surface area (Å²) in [7, 11) is -0.915. The number of nitrogens with zero attached hydrogens (tertiary/aromatic N) is 1. The average molecular weight is 240 g/mol. The van der Waals surface area contributed by atoms with E-state index in [1.165, 1.54) is 0 Å². The van der Waals surface area contributed by atoms with Crippen LogP contribution in [-0.4, -0.2) is 33.0 Å². The van der Waals surface area contributed by atoms with E-state index in [9.17, 15) is 8.42 Å². The molecule has 1 saturated heterocycles. The van der Waals surface area contributed by atoms with Crippen molar-refractivity contribution in [2.45, 2.75) is 12.5 Å². The highest BCUT2D eigenvalue weighted by atomic mass is 32.2. The topological polar surface area (TPSA) is 63.4 Å². The second kappa shape index (κ2) is 3.97. The Labute approximate surface area is 96.0 Å². The van der Waals surface area contributed by atoms with Crippen molar-refractivity contribution in [3.8, 4) is 0 Å². The fraction of sp³-hybridized carbons (Fsp3) is 0.455. The molecule has 2 rings (SSSR count). The Morgan fingerprint density at radius 1 is 1.44 bits per heavy atom. The predicted molar refractivity (Wildman–Crippen MR) is 66.3 cm³/mol. The molecule has 5 heteroatoms. The van der Waals surface area contributed by atoms with Crippen LogP contribution < -0.4 is 10.6 Å². The molecule has 2 N–H and O–H groups in total. The van der Waals surface area contributed by atoms with Gasteiger partial charge in [-0.05, 0) is 24.6 Å². The lowest BCUT2D eigenvalue weighted by molar-refractivity contribution is 0.601. The summed E-state index contributed by atoms with van der Waals surface area (Å²) in [5.74, 6) is 0.544. The zero-order valence-electron chi connectivity index (χ0n) is 9.26.